The molecular weight excluding hydrogens is 230 g/mol. The van der Waals surface area contributed by atoms with Gasteiger partial charge in [0.2, 0.25) is 0 Å². The number of benzene rings is 1. The second-order valence-electron chi connectivity index (χ2n) is 3.38. The second-order valence-corrected chi connectivity index (χ2v) is 3.38. The normalized spacial score (nSPS) is 13.1. The zero-order chi connectivity index (χ0) is 10.5. The summed E-state index contributed by atoms with van der Waals surface area (Å²) in [5, 5.41) is 11.7. The Morgan fingerprint density at radius 1 is 1.19 bits per heavy atom. The third-order valence-corrected chi connectivity index (χ3v) is 2.22. The van der Waals surface area contributed by atoms with Crippen molar-refractivity contribution in [1.29, 1.82) is 0 Å². The fourth-order valence-corrected chi connectivity index (χ4v) is 1.51. The van der Waals surface area contributed by atoms with Crippen LogP contribution >= 0.6 is 0 Å². The summed E-state index contributed by atoms with van der Waals surface area (Å²) in [6, 6.07) is 5.89. The molecule has 5 heteroatoms. The number of rotatable bonds is 4. The van der Waals surface area contributed by atoms with E-state index in [2.05, 4.69) is 5.32 Å². The van der Waals surface area contributed by atoms with Crippen LogP contribution in [0.2, 0.25) is 0 Å². The zero-order valence-corrected chi connectivity index (χ0v) is 9.67. The average Bonchev–Trinajstić information content (AvgIpc) is 2.29. The van der Waals surface area contributed by atoms with Crippen molar-refractivity contribution in [3.8, 4) is 11.5 Å². The number of aliphatic hydroxyl groups is 1. The van der Waals surface area contributed by atoms with Gasteiger partial charge in [-0.1, -0.05) is 6.07 Å². The van der Waals surface area contributed by atoms with Crippen LogP contribution < -0.4 is 27.2 Å². The van der Waals surface area contributed by atoms with Crippen LogP contribution in [0.25, 0.3) is 0 Å². The van der Waals surface area contributed by atoms with E-state index in [-0.39, 0.29) is 19.0 Å². The van der Waals surface area contributed by atoms with E-state index in [4.69, 9.17) is 14.6 Å². The van der Waals surface area contributed by atoms with Gasteiger partial charge in [-0.15, -0.1) is 0 Å². The Kier molecular flexibility index (Phi) is 5.38. The van der Waals surface area contributed by atoms with Crippen molar-refractivity contribution in [3.05, 3.63) is 23.8 Å². The minimum Gasteiger partial charge on any atom is -1.00 e. The summed E-state index contributed by atoms with van der Waals surface area (Å²) in [4.78, 5) is 0. The quantitative estimate of drug-likeness (QED) is 0.577. The smallest absolute Gasteiger partial charge is 0.161 e. The van der Waals surface area contributed by atoms with Crippen LogP contribution in [0.3, 0.4) is 0 Å². The van der Waals surface area contributed by atoms with Gasteiger partial charge >= 0.3 is 0 Å². The monoisotopic (exact) mass is 244 g/mol. The molecule has 0 aliphatic carbocycles. The topological polar surface area (TPSA) is 50.7 Å². The van der Waals surface area contributed by atoms with Gasteiger partial charge in [-0.2, -0.15) is 0 Å². The molecule has 0 amide bonds. The third-order valence-electron chi connectivity index (χ3n) is 2.22. The maximum atomic E-state index is 8.63. The highest BCUT2D eigenvalue weighted by Gasteiger charge is 2.11. The van der Waals surface area contributed by atoms with Crippen LogP contribution in [-0.2, 0) is 6.54 Å². The molecule has 1 heterocycles. The Labute approximate surface area is 101 Å². The fourth-order valence-electron chi connectivity index (χ4n) is 1.51. The van der Waals surface area contributed by atoms with Gasteiger partial charge in [0, 0.05) is 13.1 Å². The molecule has 0 spiro atoms. The van der Waals surface area contributed by atoms with Crippen molar-refractivity contribution in [3.63, 3.8) is 0 Å². The first-order chi connectivity index (χ1) is 7.40. The summed E-state index contributed by atoms with van der Waals surface area (Å²) in [5.41, 5.74) is 1.13. The van der Waals surface area contributed by atoms with Crippen molar-refractivity contribution < 1.29 is 27.0 Å². The molecule has 2 rings (SSSR count). The Morgan fingerprint density at radius 3 is 2.69 bits per heavy atom. The number of hydrogen-bond donors (Lipinski definition) is 2. The first-order valence-corrected chi connectivity index (χ1v) is 5.10. The molecule has 4 nitrogen and oxygen atoms in total. The third kappa shape index (κ3) is 3.27. The molecule has 2 N–H and O–H groups in total. The van der Waals surface area contributed by atoms with Crippen molar-refractivity contribution in [2.75, 3.05) is 26.4 Å². The number of nitrogens with one attached hydrogen (secondary N) is 1. The van der Waals surface area contributed by atoms with Gasteiger partial charge in [0.25, 0.3) is 0 Å². The standard InChI is InChI=1S/C11H15NO3.ClH/c13-4-3-12-8-9-1-2-10-11(7-9)15-6-5-14-10;/h1-2,7,12-13H,3-6,8H2;1H/p-1. The highest BCUT2D eigenvalue weighted by molar-refractivity contribution is 5.43. The van der Waals surface area contributed by atoms with Crippen molar-refractivity contribution in [2.24, 2.45) is 0 Å². The van der Waals surface area contributed by atoms with Crippen LogP contribution in [0.15, 0.2) is 18.2 Å². The van der Waals surface area contributed by atoms with Gasteiger partial charge in [-0.25, -0.2) is 0 Å². The molecule has 1 aliphatic rings. The van der Waals surface area contributed by atoms with E-state index in [9.17, 15) is 0 Å². The number of fused-ring (bicyclic) bond motifs is 1. The van der Waals surface area contributed by atoms with E-state index in [0.717, 1.165) is 23.6 Å². The van der Waals surface area contributed by atoms with Gasteiger partial charge in [-0.05, 0) is 17.7 Å². The van der Waals surface area contributed by atoms with E-state index in [0.29, 0.717) is 19.8 Å². The number of ether oxygens (including phenoxy) is 2. The van der Waals surface area contributed by atoms with Crippen LogP contribution in [-0.4, -0.2) is 31.5 Å². The summed E-state index contributed by atoms with van der Waals surface area (Å²) in [7, 11) is 0. The first kappa shape index (κ1) is 13.1. The van der Waals surface area contributed by atoms with Crippen molar-refractivity contribution in [2.45, 2.75) is 6.54 Å². The highest BCUT2D eigenvalue weighted by atomic mass is 35.5. The van der Waals surface area contributed by atoms with E-state index in [1.54, 1.807) is 0 Å². The van der Waals surface area contributed by atoms with Gasteiger partial charge in [-0.3, -0.25) is 0 Å². The lowest BCUT2D eigenvalue weighted by atomic mass is 10.2. The van der Waals surface area contributed by atoms with E-state index >= 15 is 0 Å². The van der Waals surface area contributed by atoms with Gasteiger partial charge in [0.05, 0.1) is 6.61 Å². The predicted molar refractivity (Wildman–Crippen MR) is 56.2 cm³/mol. The lowest BCUT2D eigenvalue weighted by Gasteiger charge is -2.18. The Bertz CT molecular complexity index is 333. The average molecular weight is 245 g/mol. The summed E-state index contributed by atoms with van der Waals surface area (Å²) < 4.78 is 10.9. The van der Waals surface area contributed by atoms with E-state index in [1.807, 2.05) is 18.2 Å². The summed E-state index contributed by atoms with van der Waals surface area (Å²) >= 11 is 0. The molecule has 1 aromatic rings. The molecule has 1 aliphatic heterocycles. The Balaban J connectivity index is 0.00000128. The van der Waals surface area contributed by atoms with Crippen molar-refractivity contribution >= 4 is 0 Å². The van der Waals surface area contributed by atoms with Crippen LogP contribution in [0.5, 0.6) is 11.5 Å². The molecule has 0 saturated carbocycles. The summed E-state index contributed by atoms with van der Waals surface area (Å²) in [6.07, 6.45) is 0. The van der Waals surface area contributed by atoms with E-state index in [1.165, 1.54) is 0 Å². The maximum absolute atomic E-state index is 8.63. The van der Waals surface area contributed by atoms with Gasteiger partial charge < -0.3 is 32.3 Å². The first-order valence-electron chi connectivity index (χ1n) is 5.10. The molecule has 0 saturated heterocycles. The van der Waals surface area contributed by atoms with Crippen LogP contribution in [0.1, 0.15) is 5.56 Å². The highest BCUT2D eigenvalue weighted by Crippen LogP contribution is 2.30. The molecule has 1 aromatic carbocycles. The molecule has 0 bridgehead atoms. The van der Waals surface area contributed by atoms with Crippen LogP contribution in [0, 0.1) is 0 Å². The lowest BCUT2D eigenvalue weighted by Crippen LogP contribution is -3.00. The molecule has 0 unspecified atom stereocenters. The zero-order valence-electron chi connectivity index (χ0n) is 8.91. The summed E-state index contributed by atoms with van der Waals surface area (Å²) in [5.74, 6) is 1.62. The molecule has 90 valence electrons. The Morgan fingerprint density at radius 2 is 1.94 bits per heavy atom. The number of aliphatic hydroxyl groups excluding tert-OH is 1. The number of hydrogen-bond acceptors (Lipinski definition) is 4. The largest absolute Gasteiger partial charge is 1.00 e. The molecule has 0 fully saturated rings. The van der Waals surface area contributed by atoms with Gasteiger partial charge in [0.1, 0.15) is 13.2 Å². The van der Waals surface area contributed by atoms with Crippen LogP contribution in [0.4, 0.5) is 0 Å². The maximum Gasteiger partial charge on any atom is 0.161 e. The summed E-state index contributed by atoms with van der Waals surface area (Å²) in [6.45, 7) is 2.73. The molecule has 0 aromatic heterocycles. The fraction of sp³-hybridized carbons (Fsp3) is 0.455. The second kappa shape index (κ2) is 6.58. The Hall–Kier alpha value is -0.970. The van der Waals surface area contributed by atoms with E-state index < -0.39 is 0 Å². The predicted octanol–water partition coefficient (Wildman–Crippen LogP) is -2.46. The number of halogens is 1. The molecular formula is C11H15ClNO3-. The van der Waals surface area contributed by atoms with Crippen molar-refractivity contribution in [1.82, 2.24) is 5.32 Å². The SMILES string of the molecule is OCCNCc1ccc2c(c1)OCCO2.[Cl-]. The minimum absolute atomic E-state index is 0. The minimum atomic E-state index is 0. The lowest BCUT2D eigenvalue weighted by molar-refractivity contribution is -0.00000475. The molecule has 0 atom stereocenters. The molecule has 16 heavy (non-hydrogen) atoms. The van der Waals surface area contributed by atoms with Gasteiger partial charge in [0.15, 0.2) is 11.5 Å². The molecule has 0 radical (unpaired) electrons.